The smallest absolute Gasteiger partial charge is 0.323 e. The van der Waals surface area contributed by atoms with Crippen molar-refractivity contribution in [3.05, 3.63) is 59.4 Å². The SMILES string of the molecule is Cn1c(C(F)(F)F)nc2cc(N3C(=O)c4ccccc4C3=O)ccc21. The van der Waals surface area contributed by atoms with Crippen molar-refractivity contribution in [3.63, 3.8) is 0 Å². The van der Waals surface area contributed by atoms with E-state index in [1.54, 1.807) is 12.1 Å². The molecule has 0 saturated carbocycles. The van der Waals surface area contributed by atoms with E-state index in [4.69, 9.17) is 0 Å². The van der Waals surface area contributed by atoms with Crippen LogP contribution in [0.3, 0.4) is 0 Å². The largest absolute Gasteiger partial charge is 0.449 e. The van der Waals surface area contributed by atoms with Gasteiger partial charge in [-0.25, -0.2) is 9.88 Å². The van der Waals surface area contributed by atoms with Gasteiger partial charge in [-0.3, -0.25) is 9.59 Å². The van der Waals surface area contributed by atoms with Gasteiger partial charge in [-0.15, -0.1) is 0 Å². The van der Waals surface area contributed by atoms with Crippen LogP contribution in [0, 0.1) is 0 Å². The molecule has 3 aromatic rings. The molecule has 8 heteroatoms. The molecule has 0 bridgehead atoms. The van der Waals surface area contributed by atoms with Crippen molar-refractivity contribution in [2.45, 2.75) is 6.18 Å². The molecule has 0 atom stereocenters. The van der Waals surface area contributed by atoms with Gasteiger partial charge in [-0.2, -0.15) is 13.2 Å². The van der Waals surface area contributed by atoms with Gasteiger partial charge in [-0.05, 0) is 30.3 Å². The summed E-state index contributed by atoms with van der Waals surface area (Å²) in [6.07, 6.45) is -4.59. The molecule has 126 valence electrons. The average molecular weight is 345 g/mol. The summed E-state index contributed by atoms with van der Waals surface area (Å²) in [5, 5.41) is 0. The van der Waals surface area contributed by atoms with E-state index in [-0.39, 0.29) is 27.8 Å². The van der Waals surface area contributed by atoms with Gasteiger partial charge in [0.2, 0.25) is 5.82 Å². The summed E-state index contributed by atoms with van der Waals surface area (Å²) in [7, 11) is 1.26. The zero-order valence-electron chi connectivity index (χ0n) is 12.8. The maximum absolute atomic E-state index is 13.0. The number of hydrogen-bond donors (Lipinski definition) is 0. The zero-order valence-corrected chi connectivity index (χ0v) is 12.8. The third kappa shape index (κ3) is 2.14. The number of imidazole rings is 1. The van der Waals surface area contributed by atoms with Crippen LogP contribution < -0.4 is 4.90 Å². The summed E-state index contributed by atoms with van der Waals surface area (Å²) in [4.78, 5) is 29.5. The van der Waals surface area contributed by atoms with E-state index in [9.17, 15) is 22.8 Å². The number of benzene rings is 2. The zero-order chi connectivity index (χ0) is 17.9. The Morgan fingerprint density at radius 2 is 1.56 bits per heavy atom. The number of anilines is 1. The third-order valence-electron chi connectivity index (χ3n) is 4.17. The molecule has 4 rings (SSSR count). The molecule has 0 fully saturated rings. The van der Waals surface area contributed by atoms with Gasteiger partial charge in [0.15, 0.2) is 0 Å². The van der Waals surface area contributed by atoms with E-state index in [1.807, 2.05) is 0 Å². The molecule has 2 heterocycles. The first-order valence-electron chi connectivity index (χ1n) is 7.30. The Bertz CT molecular complexity index is 1020. The number of fused-ring (bicyclic) bond motifs is 2. The molecule has 1 aliphatic heterocycles. The molecule has 0 spiro atoms. The van der Waals surface area contributed by atoms with E-state index in [2.05, 4.69) is 4.98 Å². The number of carbonyl (C=O) groups excluding carboxylic acids is 2. The quantitative estimate of drug-likeness (QED) is 0.635. The molecule has 2 amide bonds. The first-order chi connectivity index (χ1) is 11.8. The normalized spacial score (nSPS) is 14.5. The summed E-state index contributed by atoms with van der Waals surface area (Å²) >= 11 is 0. The molecule has 1 aromatic heterocycles. The number of hydrogen-bond acceptors (Lipinski definition) is 3. The van der Waals surface area contributed by atoms with Crippen LogP contribution in [0.15, 0.2) is 42.5 Å². The Hall–Kier alpha value is -3.16. The molecule has 5 nitrogen and oxygen atoms in total. The number of alkyl halides is 3. The molecular formula is C17H10F3N3O2. The second-order valence-corrected chi connectivity index (χ2v) is 5.66. The van der Waals surface area contributed by atoms with E-state index >= 15 is 0 Å². The number of halogens is 3. The fourth-order valence-electron chi connectivity index (χ4n) is 3.00. The number of amides is 2. The Labute approximate surface area is 139 Å². The molecule has 25 heavy (non-hydrogen) atoms. The summed E-state index contributed by atoms with van der Waals surface area (Å²) in [6.45, 7) is 0. The lowest BCUT2D eigenvalue weighted by Crippen LogP contribution is -2.29. The van der Waals surface area contributed by atoms with Crippen LogP contribution in [0.5, 0.6) is 0 Å². The van der Waals surface area contributed by atoms with E-state index in [0.717, 1.165) is 9.47 Å². The second kappa shape index (κ2) is 4.92. The fourth-order valence-corrected chi connectivity index (χ4v) is 3.00. The topological polar surface area (TPSA) is 55.2 Å². The number of nitrogens with zero attached hydrogens (tertiary/aromatic N) is 3. The predicted octanol–water partition coefficient (Wildman–Crippen LogP) is 3.39. The molecule has 0 N–H and O–H groups in total. The Morgan fingerprint density at radius 1 is 0.960 bits per heavy atom. The van der Waals surface area contributed by atoms with Crippen LogP contribution in [0.2, 0.25) is 0 Å². The van der Waals surface area contributed by atoms with Crippen molar-refractivity contribution in [2.75, 3.05) is 4.90 Å². The highest BCUT2D eigenvalue weighted by atomic mass is 19.4. The Balaban J connectivity index is 1.84. The number of aryl methyl sites for hydroxylation is 1. The number of aromatic nitrogens is 2. The number of imide groups is 1. The summed E-state index contributed by atoms with van der Waals surface area (Å²) < 4.78 is 39.9. The lowest BCUT2D eigenvalue weighted by molar-refractivity contribution is -0.146. The molecule has 0 saturated heterocycles. The summed E-state index contributed by atoms with van der Waals surface area (Å²) in [5.41, 5.74) is 1.04. The third-order valence-corrected chi connectivity index (χ3v) is 4.17. The second-order valence-electron chi connectivity index (χ2n) is 5.66. The highest BCUT2D eigenvalue weighted by Gasteiger charge is 2.38. The van der Waals surface area contributed by atoms with Crippen LogP contribution in [0.4, 0.5) is 18.9 Å². The maximum Gasteiger partial charge on any atom is 0.449 e. The van der Waals surface area contributed by atoms with Crippen LogP contribution in [0.25, 0.3) is 11.0 Å². The standard InChI is InChI=1S/C17H10F3N3O2/c1-22-13-7-6-9(8-12(13)21-16(22)17(18,19)20)23-14(24)10-4-2-3-5-11(10)15(23)25/h2-8H,1H3. The Kier molecular flexibility index (Phi) is 3.02. The van der Waals surface area contributed by atoms with Gasteiger partial charge < -0.3 is 4.57 Å². The van der Waals surface area contributed by atoms with Crippen molar-refractivity contribution < 1.29 is 22.8 Å². The minimum absolute atomic E-state index is 0.0591. The highest BCUT2D eigenvalue weighted by molar-refractivity contribution is 6.34. The van der Waals surface area contributed by atoms with Crippen molar-refractivity contribution in [2.24, 2.45) is 7.05 Å². The van der Waals surface area contributed by atoms with E-state index in [1.165, 1.54) is 37.4 Å². The number of rotatable bonds is 1. The van der Waals surface area contributed by atoms with Crippen LogP contribution >= 0.6 is 0 Å². The van der Waals surface area contributed by atoms with Crippen molar-refractivity contribution in [3.8, 4) is 0 Å². The van der Waals surface area contributed by atoms with Gasteiger partial charge in [0.1, 0.15) is 0 Å². The maximum atomic E-state index is 13.0. The lowest BCUT2D eigenvalue weighted by atomic mass is 10.1. The van der Waals surface area contributed by atoms with Crippen molar-refractivity contribution in [1.29, 1.82) is 0 Å². The number of carbonyl (C=O) groups is 2. The Morgan fingerprint density at radius 3 is 2.12 bits per heavy atom. The minimum atomic E-state index is -4.59. The molecule has 0 aliphatic carbocycles. The molecule has 1 aliphatic rings. The molecule has 0 unspecified atom stereocenters. The average Bonchev–Trinajstić information content (AvgIpc) is 3.03. The first-order valence-corrected chi connectivity index (χ1v) is 7.30. The molecular weight excluding hydrogens is 335 g/mol. The summed E-state index contributed by atoms with van der Waals surface area (Å²) in [6, 6.07) is 10.5. The highest BCUT2D eigenvalue weighted by Crippen LogP contribution is 2.34. The van der Waals surface area contributed by atoms with E-state index < -0.39 is 23.8 Å². The van der Waals surface area contributed by atoms with Crippen molar-refractivity contribution in [1.82, 2.24) is 9.55 Å². The van der Waals surface area contributed by atoms with Gasteiger partial charge >= 0.3 is 6.18 Å². The van der Waals surface area contributed by atoms with Gasteiger partial charge in [0.05, 0.1) is 27.8 Å². The summed E-state index contributed by atoms with van der Waals surface area (Å²) in [5.74, 6) is -2.05. The predicted molar refractivity (Wildman–Crippen MR) is 83.3 cm³/mol. The van der Waals surface area contributed by atoms with Gasteiger partial charge in [0, 0.05) is 7.05 Å². The van der Waals surface area contributed by atoms with Gasteiger partial charge in [0.25, 0.3) is 11.8 Å². The van der Waals surface area contributed by atoms with Crippen LogP contribution in [-0.4, -0.2) is 21.4 Å². The molecule has 2 aromatic carbocycles. The van der Waals surface area contributed by atoms with Crippen LogP contribution in [-0.2, 0) is 13.2 Å². The van der Waals surface area contributed by atoms with Gasteiger partial charge in [-0.1, -0.05) is 12.1 Å². The fraction of sp³-hybridized carbons (Fsp3) is 0.118. The van der Waals surface area contributed by atoms with E-state index in [0.29, 0.717) is 0 Å². The lowest BCUT2D eigenvalue weighted by Gasteiger charge is -2.13. The minimum Gasteiger partial charge on any atom is -0.323 e. The monoisotopic (exact) mass is 345 g/mol. The van der Waals surface area contributed by atoms with Crippen LogP contribution in [0.1, 0.15) is 26.5 Å². The first kappa shape index (κ1) is 15.4. The van der Waals surface area contributed by atoms with Crippen molar-refractivity contribution >= 4 is 28.5 Å². The molecule has 0 radical (unpaired) electrons.